The van der Waals surface area contributed by atoms with Gasteiger partial charge in [-0.25, -0.2) is 12.8 Å². The molecule has 0 aromatic heterocycles. The van der Waals surface area contributed by atoms with E-state index in [1.807, 2.05) is 4.72 Å². The zero-order chi connectivity index (χ0) is 22.9. The van der Waals surface area contributed by atoms with Gasteiger partial charge in [-0.3, -0.25) is 19.6 Å². The van der Waals surface area contributed by atoms with Gasteiger partial charge >= 0.3 is 15.5 Å². The molecular formula is C14H11F4N3O7S2. The summed E-state index contributed by atoms with van der Waals surface area (Å²) in [6, 6.07) is 4.44. The van der Waals surface area contributed by atoms with Gasteiger partial charge in [-0.2, -0.15) is 21.6 Å². The van der Waals surface area contributed by atoms with Crippen LogP contribution in [0.5, 0.6) is 5.75 Å². The van der Waals surface area contributed by atoms with E-state index >= 15 is 0 Å². The molecule has 10 nitrogen and oxygen atoms in total. The van der Waals surface area contributed by atoms with Crippen LogP contribution in [0.25, 0.3) is 0 Å². The van der Waals surface area contributed by atoms with Crippen molar-refractivity contribution >= 4 is 37.1 Å². The summed E-state index contributed by atoms with van der Waals surface area (Å²) < 4.78 is 106. The first kappa shape index (κ1) is 23.1. The number of hydrogen-bond acceptors (Lipinski definition) is 7. The van der Waals surface area contributed by atoms with Gasteiger partial charge in [0.05, 0.1) is 22.6 Å². The number of hydrogen-bond donors (Lipinski definition) is 2. The van der Waals surface area contributed by atoms with E-state index in [9.17, 15) is 44.5 Å². The van der Waals surface area contributed by atoms with Crippen molar-refractivity contribution in [3.63, 3.8) is 0 Å². The van der Waals surface area contributed by atoms with E-state index in [1.54, 1.807) is 0 Å². The molecular weight excluding hydrogens is 462 g/mol. The normalized spacial score (nSPS) is 12.3. The first-order valence-corrected chi connectivity index (χ1v) is 10.4. The standard InChI is InChI=1S/C14H11F4N3O7S2/c1-28-13-5-2-8(6-10(13)15)19-29(24,25)9-3-4-11(12(7-9)21(22)23)20-30(26,27)14(16,17)18/h2-7,19-20H,1H3. The number of nitrogens with one attached hydrogen (secondary N) is 2. The van der Waals surface area contributed by atoms with Crippen LogP contribution in [-0.2, 0) is 20.0 Å². The van der Waals surface area contributed by atoms with Crippen molar-refractivity contribution < 1.29 is 44.1 Å². The molecule has 0 saturated heterocycles. The smallest absolute Gasteiger partial charge is 0.494 e. The Balaban J connectivity index is 2.44. The van der Waals surface area contributed by atoms with Crippen molar-refractivity contribution in [3.05, 3.63) is 52.3 Å². The summed E-state index contributed by atoms with van der Waals surface area (Å²) in [6.45, 7) is 0. The highest BCUT2D eigenvalue weighted by atomic mass is 32.2. The Kier molecular flexibility index (Phi) is 6.13. The number of methoxy groups -OCH3 is 1. The van der Waals surface area contributed by atoms with E-state index in [0.717, 1.165) is 22.9 Å². The van der Waals surface area contributed by atoms with Crippen molar-refractivity contribution in [2.45, 2.75) is 10.4 Å². The molecule has 0 aliphatic carbocycles. The number of benzene rings is 2. The van der Waals surface area contributed by atoms with Crippen LogP contribution in [-0.4, -0.2) is 34.4 Å². The molecule has 0 heterocycles. The maximum atomic E-state index is 13.7. The molecule has 0 unspecified atom stereocenters. The number of nitrogens with zero attached hydrogens (tertiary/aromatic N) is 1. The fourth-order valence-corrected chi connectivity index (χ4v) is 3.71. The van der Waals surface area contributed by atoms with Crippen LogP contribution in [0.3, 0.4) is 0 Å². The summed E-state index contributed by atoms with van der Waals surface area (Å²) in [5, 5.41) is 11.1. The first-order chi connectivity index (χ1) is 13.7. The van der Waals surface area contributed by atoms with Gasteiger partial charge in [0.2, 0.25) is 0 Å². The number of alkyl halides is 3. The summed E-state index contributed by atoms with van der Waals surface area (Å²) in [7, 11) is -9.37. The maximum absolute atomic E-state index is 13.7. The van der Waals surface area contributed by atoms with Crippen molar-refractivity contribution in [1.29, 1.82) is 0 Å². The fourth-order valence-electron chi connectivity index (χ4n) is 2.06. The van der Waals surface area contributed by atoms with Crippen molar-refractivity contribution in [2.75, 3.05) is 16.6 Å². The highest BCUT2D eigenvalue weighted by Crippen LogP contribution is 2.33. The van der Waals surface area contributed by atoms with E-state index in [-0.39, 0.29) is 11.4 Å². The summed E-state index contributed by atoms with van der Waals surface area (Å²) in [5.74, 6) is -1.10. The molecule has 2 rings (SSSR count). The summed E-state index contributed by atoms with van der Waals surface area (Å²) >= 11 is 0. The van der Waals surface area contributed by atoms with Crippen LogP contribution >= 0.6 is 0 Å². The molecule has 0 aliphatic rings. The van der Waals surface area contributed by atoms with Crippen LogP contribution < -0.4 is 14.2 Å². The fraction of sp³-hybridized carbons (Fsp3) is 0.143. The number of nitro benzene ring substituents is 1. The van der Waals surface area contributed by atoms with Gasteiger partial charge in [-0.15, -0.1) is 0 Å². The number of sulfonamides is 2. The molecule has 30 heavy (non-hydrogen) atoms. The Morgan fingerprint density at radius 2 is 1.67 bits per heavy atom. The number of rotatable bonds is 7. The molecule has 0 bridgehead atoms. The molecule has 0 atom stereocenters. The van der Waals surface area contributed by atoms with Crippen molar-refractivity contribution in [2.24, 2.45) is 0 Å². The molecule has 0 aliphatic heterocycles. The molecule has 0 amide bonds. The lowest BCUT2D eigenvalue weighted by molar-refractivity contribution is -0.384. The zero-order valence-corrected chi connectivity index (χ0v) is 16.2. The van der Waals surface area contributed by atoms with Crippen molar-refractivity contribution in [3.8, 4) is 5.75 Å². The first-order valence-electron chi connectivity index (χ1n) is 7.42. The topological polar surface area (TPSA) is 145 Å². The SMILES string of the molecule is COc1ccc(NS(=O)(=O)c2ccc(NS(=O)(=O)C(F)(F)F)c([N+](=O)[O-])c2)cc1F. The minimum Gasteiger partial charge on any atom is -0.494 e. The Morgan fingerprint density at radius 3 is 2.17 bits per heavy atom. The van der Waals surface area contributed by atoms with Gasteiger partial charge in [0, 0.05) is 12.1 Å². The van der Waals surface area contributed by atoms with Crippen LogP contribution in [0.2, 0.25) is 0 Å². The monoisotopic (exact) mass is 473 g/mol. The molecule has 2 aromatic carbocycles. The summed E-state index contributed by atoms with van der Waals surface area (Å²) in [4.78, 5) is 9.05. The van der Waals surface area contributed by atoms with Gasteiger partial charge in [-0.05, 0) is 24.3 Å². The molecule has 0 fully saturated rings. The predicted octanol–water partition coefficient (Wildman–Crippen LogP) is 2.80. The van der Waals surface area contributed by atoms with E-state index in [2.05, 4.69) is 4.74 Å². The number of halogens is 4. The summed E-state index contributed by atoms with van der Waals surface area (Å²) in [5.41, 5.74) is -8.40. The van der Waals surface area contributed by atoms with E-state index < -0.39 is 52.6 Å². The quantitative estimate of drug-likeness (QED) is 0.357. The second-order valence-corrected chi connectivity index (χ2v) is 8.80. The predicted molar refractivity (Wildman–Crippen MR) is 95.5 cm³/mol. The lowest BCUT2D eigenvalue weighted by Crippen LogP contribution is -2.30. The molecule has 2 N–H and O–H groups in total. The third-order valence-corrected chi connectivity index (χ3v) is 5.91. The minimum absolute atomic E-state index is 0.185. The Labute approximate surface area is 166 Å². The zero-order valence-electron chi connectivity index (χ0n) is 14.6. The minimum atomic E-state index is -5.99. The van der Waals surface area contributed by atoms with E-state index in [0.29, 0.717) is 18.2 Å². The van der Waals surface area contributed by atoms with Gasteiger partial charge in [0.1, 0.15) is 5.69 Å². The van der Waals surface area contributed by atoms with Crippen molar-refractivity contribution in [1.82, 2.24) is 0 Å². The Morgan fingerprint density at radius 1 is 1.03 bits per heavy atom. The van der Waals surface area contributed by atoms with Crippen LogP contribution in [0, 0.1) is 15.9 Å². The van der Waals surface area contributed by atoms with E-state index in [1.165, 1.54) is 7.11 Å². The molecule has 2 aromatic rings. The number of nitro groups is 1. The van der Waals surface area contributed by atoms with Crippen LogP contribution in [0.15, 0.2) is 41.3 Å². The highest BCUT2D eigenvalue weighted by Gasteiger charge is 2.46. The largest absolute Gasteiger partial charge is 0.516 e. The average Bonchev–Trinajstić information content (AvgIpc) is 2.60. The van der Waals surface area contributed by atoms with Gasteiger partial charge in [-0.1, -0.05) is 0 Å². The van der Waals surface area contributed by atoms with E-state index in [4.69, 9.17) is 0 Å². The van der Waals surface area contributed by atoms with Crippen LogP contribution in [0.1, 0.15) is 0 Å². The summed E-state index contributed by atoms with van der Waals surface area (Å²) in [6.07, 6.45) is 0. The van der Waals surface area contributed by atoms with Gasteiger partial charge in [0.25, 0.3) is 15.7 Å². The second-order valence-electron chi connectivity index (χ2n) is 5.44. The third-order valence-electron chi connectivity index (χ3n) is 3.43. The van der Waals surface area contributed by atoms with Gasteiger partial charge in [0.15, 0.2) is 11.6 Å². The Bertz CT molecular complexity index is 1200. The molecule has 0 saturated carbocycles. The maximum Gasteiger partial charge on any atom is 0.516 e. The molecule has 164 valence electrons. The van der Waals surface area contributed by atoms with Gasteiger partial charge < -0.3 is 4.74 Å². The van der Waals surface area contributed by atoms with Crippen LogP contribution in [0.4, 0.5) is 34.6 Å². The third kappa shape index (κ3) is 4.88. The second kappa shape index (κ2) is 7.94. The highest BCUT2D eigenvalue weighted by molar-refractivity contribution is 7.93. The average molecular weight is 473 g/mol. The lowest BCUT2D eigenvalue weighted by atomic mass is 10.3. The molecule has 0 spiro atoms. The lowest BCUT2D eigenvalue weighted by Gasteiger charge is -2.12. The number of ether oxygens (including phenoxy) is 1. The number of anilines is 2. The molecule has 16 heteroatoms. The Hall–Kier alpha value is -3.14. The molecule has 0 radical (unpaired) electrons.